The molecule has 1 rings (SSSR count). The molecule has 0 heterocycles. The van der Waals surface area contributed by atoms with Crippen LogP contribution >= 0.6 is 11.6 Å². The minimum Gasteiger partial charge on any atom is -0.313 e. The molecule has 0 aliphatic heterocycles. The molecule has 0 fully saturated rings. The number of halogens is 1. The summed E-state index contributed by atoms with van der Waals surface area (Å²) in [5.41, 5.74) is 2.44. The van der Waals surface area contributed by atoms with Crippen LogP contribution < -0.4 is 5.32 Å². The Labute approximate surface area is 78.7 Å². The quantitative estimate of drug-likeness (QED) is 0.744. The lowest BCUT2D eigenvalue weighted by Crippen LogP contribution is -2.13. The van der Waals surface area contributed by atoms with Gasteiger partial charge in [-0.2, -0.15) is 0 Å². The van der Waals surface area contributed by atoms with E-state index in [9.17, 15) is 0 Å². The Morgan fingerprint density at radius 3 is 2.67 bits per heavy atom. The summed E-state index contributed by atoms with van der Waals surface area (Å²) in [5, 5.41) is 4.03. The van der Waals surface area contributed by atoms with Crippen LogP contribution in [0.1, 0.15) is 24.1 Å². The average Bonchev–Trinajstić information content (AvgIpc) is 2.08. The second-order valence-electron chi connectivity index (χ2n) is 2.96. The van der Waals surface area contributed by atoms with Gasteiger partial charge in [-0.15, -0.1) is 0 Å². The van der Waals surface area contributed by atoms with E-state index in [0.717, 1.165) is 5.02 Å². The second kappa shape index (κ2) is 3.92. The van der Waals surface area contributed by atoms with Crippen LogP contribution in [-0.4, -0.2) is 7.05 Å². The van der Waals surface area contributed by atoms with E-state index in [1.807, 2.05) is 26.1 Å². The highest BCUT2D eigenvalue weighted by atomic mass is 35.5. The van der Waals surface area contributed by atoms with Gasteiger partial charge in [-0.25, -0.2) is 0 Å². The first-order chi connectivity index (χ1) is 5.66. The van der Waals surface area contributed by atoms with Gasteiger partial charge in [0.15, 0.2) is 0 Å². The van der Waals surface area contributed by atoms with Crippen molar-refractivity contribution in [3.05, 3.63) is 34.3 Å². The van der Waals surface area contributed by atoms with Crippen LogP contribution in [0, 0.1) is 6.92 Å². The van der Waals surface area contributed by atoms with E-state index in [0.29, 0.717) is 6.04 Å². The predicted molar refractivity (Wildman–Crippen MR) is 53.7 cm³/mol. The molecule has 0 unspecified atom stereocenters. The van der Waals surface area contributed by atoms with Crippen molar-refractivity contribution in [2.45, 2.75) is 19.9 Å². The molecular weight excluding hydrogens is 170 g/mol. The van der Waals surface area contributed by atoms with Crippen LogP contribution in [0.2, 0.25) is 5.02 Å². The molecule has 1 N–H and O–H groups in total. The fraction of sp³-hybridized carbons (Fsp3) is 0.400. The summed E-state index contributed by atoms with van der Waals surface area (Å²) in [5.74, 6) is 0. The zero-order chi connectivity index (χ0) is 9.14. The lowest BCUT2D eigenvalue weighted by atomic mass is 10.0. The summed E-state index contributed by atoms with van der Waals surface area (Å²) in [7, 11) is 1.95. The van der Waals surface area contributed by atoms with Crippen LogP contribution in [0.25, 0.3) is 0 Å². The molecule has 0 saturated heterocycles. The van der Waals surface area contributed by atoms with Crippen molar-refractivity contribution in [2.75, 3.05) is 7.05 Å². The molecule has 1 aromatic rings. The average molecular weight is 184 g/mol. The molecule has 0 aliphatic rings. The first-order valence-electron chi connectivity index (χ1n) is 4.09. The Kier molecular flexibility index (Phi) is 3.12. The predicted octanol–water partition coefficient (Wildman–Crippen LogP) is 2.93. The standard InChI is InChI=1S/C10H14ClN/c1-7-9(8(2)12-3)5-4-6-10(7)11/h4-6,8,12H,1-3H3/t8-/m1/s1. The van der Waals surface area contributed by atoms with Crippen LogP contribution in [-0.2, 0) is 0 Å². The van der Waals surface area contributed by atoms with Gasteiger partial charge in [-0.3, -0.25) is 0 Å². The number of nitrogens with one attached hydrogen (secondary N) is 1. The molecule has 0 amide bonds. The van der Waals surface area contributed by atoms with Gasteiger partial charge in [0.1, 0.15) is 0 Å². The summed E-state index contributed by atoms with van der Waals surface area (Å²) in [6.45, 7) is 4.17. The molecule has 1 nitrogen and oxygen atoms in total. The molecule has 2 heteroatoms. The molecule has 0 saturated carbocycles. The third kappa shape index (κ3) is 1.79. The third-order valence-electron chi connectivity index (χ3n) is 2.21. The lowest BCUT2D eigenvalue weighted by molar-refractivity contribution is 0.648. The van der Waals surface area contributed by atoms with E-state index in [1.54, 1.807) is 0 Å². The molecule has 1 atom stereocenters. The maximum atomic E-state index is 5.99. The molecule has 12 heavy (non-hydrogen) atoms. The summed E-state index contributed by atoms with van der Waals surface area (Å²) >= 11 is 5.99. The van der Waals surface area contributed by atoms with Crippen LogP contribution in [0.5, 0.6) is 0 Å². The third-order valence-corrected chi connectivity index (χ3v) is 2.62. The zero-order valence-corrected chi connectivity index (χ0v) is 8.44. The Balaban J connectivity index is 3.07. The van der Waals surface area contributed by atoms with Crippen molar-refractivity contribution >= 4 is 11.6 Å². The van der Waals surface area contributed by atoms with Crippen LogP contribution in [0.15, 0.2) is 18.2 Å². The minimum atomic E-state index is 0.365. The summed E-state index contributed by atoms with van der Waals surface area (Å²) in [6, 6.07) is 6.37. The largest absolute Gasteiger partial charge is 0.313 e. The molecule has 0 aliphatic carbocycles. The van der Waals surface area contributed by atoms with E-state index in [4.69, 9.17) is 11.6 Å². The van der Waals surface area contributed by atoms with Crippen molar-refractivity contribution in [1.29, 1.82) is 0 Å². The van der Waals surface area contributed by atoms with Gasteiger partial charge < -0.3 is 5.32 Å². The van der Waals surface area contributed by atoms with E-state index < -0.39 is 0 Å². The monoisotopic (exact) mass is 183 g/mol. The Bertz CT molecular complexity index is 271. The van der Waals surface area contributed by atoms with Crippen molar-refractivity contribution in [2.24, 2.45) is 0 Å². The molecular formula is C10H14ClN. The molecule has 0 bridgehead atoms. The van der Waals surface area contributed by atoms with Crippen molar-refractivity contribution in [3.8, 4) is 0 Å². The number of rotatable bonds is 2. The zero-order valence-electron chi connectivity index (χ0n) is 7.69. The van der Waals surface area contributed by atoms with Crippen molar-refractivity contribution in [1.82, 2.24) is 5.32 Å². The molecule has 0 spiro atoms. The fourth-order valence-corrected chi connectivity index (χ4v) is 1.43. The Morgan fingerprint density at radius 1 is 1.42 bits per heavy atom. The first-order valence-corrected chi connectivity index (χ1v) is 4.47. The van der Waals surface area contributed by atoms with Crippen LogP contribution in [0.3, 0.4) is 0 Å². The van der Waals surface area contributed by atoms with Gasteiger partial charge in [0.05, 0.1) is 0 Å². The molecule has 1 aromatic carbocycles. The number of hydrogen-bond acceptors (Lipinski definition) is 1. The molecule has 66 valence electrons. The van der Waals surface area contributed by atoms with Gasteiger partial charge >= 0.3 is 0 Å². The summed E-state index contributed by atoms with van der Waals surface area (Å²) < 4.78 is 0. The van der Waals surface area contributed by atoms with Crippen molar-refractivity contribution < 1.29 is 0 Å². The van der Waals surface area contributed by atoms with Gasteiger partial charge in [0.25, 0.3) is 0 Å². The van der Waals surface area contributed by atoms with Gasteiger partial charge in [0.2, 0.25) is 0 Å². The van der Waals surface area contributed by atoms with E-state index in [2.05, 4.69) is 18.3 Å². The van der Waals surface area contributed by atoms with E-state index in [1.165, 1.54) is 11.1 Å². The van der Waals surface area contributed by atoms with E-state index in [-0.39, 0.29) is 0 Å². The van der Waals surface area contributed by atoms with Crippen molar-refractivity contribution in [3.63, 3.8) is 0 Å². The second-order valence-corrected chi connectivity index (χ2v) is 3.37. The normalized spacial score (nSPS) is 13.0. The first kappa shape index (κ1) is 9.56. The SMILES string of the molecule is CN[C@H](C)c1cccc(Cl)c1C. The maximum Gasteiger partial charge on any atom is 0.0438 e. The highest BCUT2D eigenvalue weighted by Crippen LogP contribution is 2.23. The Morgan fingerprint density at radius 2 is 2.08 bits per heavy atom. The maximum absolute atomic E-state index is 5.99. The highest BCUT2D eigenvalue weighted by molar-refractivity contribution is 6.31. The Hall–Kier alpha value is -0.530. The minimum absolute atomic E-state index is 0.365. The number of hydrogen-bond donors (Lipinski definition) is 1. The van der Waals surface area contributed by atoms with E-state index >= 15 is 0 Å². The van der Waals surface area contributed by atoms with Crippen LogP contribution in [0.4, 0.5) is 0 Å². The molecule has 0 radical (unpaired) electrons. The van der Waals surface area contributed by atoms with Gasteiger partial charge in [-0.1, -0.05) is 23.7 Å². The summed E-state index contributed by atoms with van der Waals surface area (Å²) in [4.78, 5) is 0. The number of benzene rings is 1. The summed E-state index contributed by atoms with van der Waals surface area (Å²) in [6.07, 6.45) is 0. The smallest absolute Gasteiger partial charge is 0.0438 e. The topological polar surface area (TPSA) is 12.0 Å². The molecule has 0 aromatic heterocycles. The lowest BCUT2D eigenvalue weighted by Gasteiger charge is -2.14. The van der Waals surface area contributed by atoms with Gasteiger partial charge in [-0.05, 0) is 38.1 Å². The fourth-order valence-electron chi connectivity index (χ4n) is 1.25. The highest BCUT2D eigenvalue weighted by Gasteiger charge is 2.06. The van der Waals surface area contributed by atoms with Gasteiger partial charge in [0, 0.05) is 11.1 Å².